The fraction of sp³-hybridized carbons (Fsp3) is 0.308. The second kappa shape index (κ2) is 4.99. The lowest BCUT2D eigenvalue weighted by atomic mass is 10.3. The van der Waals surface area contributed by atoms with Crippen molar-refractivity contribution in [1.82, 2.24) is 19.7 Å². The van der Waals surface area contributed by atoms with Gasteiger partial charge in [0.05, 0.1) is 17.4 Å². The molecule has 0 spiro atoms. The Hall–Kier alpha value is -2.31. The number of rotatable bonds is 4. The smallest absolute Gasteiger partial charge is 0.246 e. The fourth-order valence-electron chi connectivity index (χ4n) is 2.00. The molecular weight excluding hydrogens is 266 g/mol. The van der Waals surface area contributed by atoms with Crippen molar-refractivity contribution >= 4 is 11.0 Å². The van der Waals surface area contributed by atoms with Gasteiger partial charge in [-0.05, 0) is 6.42 Å². The molecule has 104 valence electrons. The molecule has 0 radical (unpaired) electrons. The molecule has 0 N–H and O–H groups in total. The first-order valence-electron chi connectivity index (χ1n) is 6.28. The van der Waals surface area contributed by atoms with Gasteiger partial charge in [0.25, 0.3) is 0 Å². The largest absolute Gasteiger partial charge is 0.337 e. The van der Waals surface area contributed by atoms with Gasteiger partial charge in [0.2, 0.25) is 5.89 Å². The van der Waals surface area contributed by atoms with E-state index in [1.165, 1.54) is 6.33 Å². The molecule has 0 atom stereocenters. The zero-order valence-electron chi connectivity index (χ0n) is 10.8. The molecule has 20 heavy (non-hydrogen) atoms. The van der Waals surface area contributed by atoms with E-state index in [0.717, 1.165) is 25.0 Å². The van der Waals surface area contributed by atoms with Crippen molar-refractivity contribution < 1.29 is 13.3 Å². The summed E-state index contributed by atoms with van der Waals surface area (Å²) in [4.78, 5) is 8.25. The molecule has 0 aliphatic rings. The normalized spacial score (nSPS) is 11.3. The van der Waals surface area contributed by atoms with E-state index in [4.69, 9.17) is 4.52 Å². The molecule has 1 aromatic carbocycles. The van der Waals surface area contributed by atoms with Crippen LogP contribution in [0.4, 0.5) is 8.78 Å². The first-order valence-corrected chi connectivity index (χ1v) is 6.28. The molecule has 0 saturated carbocycles. The van der Waals surface area contributed by atoms with Crippen LogP contribution in [0.1, 0.15) is 25.1 Å². The molecule has 2 heterocycles. The van der Waals surface area contributed by atoms with Crippen molar-refractivity contribution in [2.45, 2.75) is 26.3 Å². The number of hydrogen-bond donors (Lipinski definition) is 0. The van der Waals surface area contributed by atoms with Crippen molar-refractivity contribution in [2.75, 3.05) is 0 Å². The van der Waals surface area contributed by atoms with E-state index in [0.29, 0.717) is 22.7 Å². The summed E-state index contributed by atoms with van der Waals surface area (Å²) >= 11 is 0. The number of imidazole rings is 1. The maximum Gasteiger partial charge on any atom is 0.246 e. The highest BCUT2D eigenvalue weighted by Crippen LogP contribution is 2.18. The van der Waals surface area contributed by atoms with Crippen LogP contribution in [0.3, 0.4) is 0 Å². The molecule has 3 rings (SSSR count). The molecule has 0 bridgehead atoms. The first-order chi connectivity index (χ1) is 9.67. The third kappa shape index (κ3) is 2.26. The molecule has 0 saturated heterocycles. The van der Waals surface area contributed by atoms with Gasteiger partial charge in [0.1, 0.15) is 6.54 Å². The van der Waals surface area contributed by atoms with E-state index in [2.05, 4.69) is 15.1 Å². The summed E-state index contributed by atoms with van der Waals surface area (Å²) in [7, 11) is 0. The summed E-state index contributed by atoms with van der Waals surface area (Å²) < 4.78 is 33.1. The summed E-state index contributed by atoms with van der Waals surface area (Å²) in [5.74, 6) is -0.760. The lowest BCUT2D eigenvalue weighted by Crippen LogP contribution is -1.99. The molecule has 0 aliphatic carbocycles. The Morgan fingerprint density at radius 3 is 2.85 bits per heavy atom. The Morgan fingerprint density at radius 1 is 1.25 bits per heavy atom. The number of fused-ring (bicyclic) bond motifs is 1. The minimum atomic E-state index is -0.911. The van der Waals surface area contributed by atoms with Crippen molar-refractivity contribution in [1.29, 1.82) is 0 Å². The summed E-state index contributed by atoms with van der Waals surface area (Å²) in [6.45, 7) is 2.30. The van der Waals surface area contributed by atoms with E-state index < -0.39 is 11.6 Å². The zero-order chi connectivity index (χ0) is 14.1. The van der Waals surface area contributed by atoms with E-state index >= 15 is 0 Å². The molecule has 3 aromatic rings. The predicted octanol–water partition coefficient (Wildman–Crippen LogP) is 2.70. The van der Waals surface area contributed by atoms with Crippen molar-refractivity contribution in [3.05, 3.63) is 41.8 Å². The van der Waals surface area contributed by atoms with Gasteiger partial charge in [-0.1, -0.05) is 12.1 Å². The van der Waals surface area contributed by atoms with Gasteiger partial charge >= 0.3 is 0 Å². The lowest BCUT2D eigenvalue weighted by molar-refractivity contribution is 0.367. The summed E-state index contributed by atoms with van der Waals surface area (Å²) in [5, 5.41) is 3.84. The Labute approximate surface area is 113 Å². The Kier molecular flexibility index (Phi) is 3.17. The number of aryl methyl sites for hydroxylation is 1. The molecule has 5 nitrogen and oxygen atoms in total. The van der Waals surface area contributed by atoms with E-state index in [-0.39, 0.29) is 6.54 Å². The van der Waals surface area contributed by atoms with Crippen LogP contribution >= 0.6 is 0 Å². The van der Waals surface area contributed by atoms with Gasteiger partial charge in [-0.25, -0.2) is 13.8 Å². The van der Waals surface area contributed by atoms with Gasteiger partial charge in [-0.15, -0.1) is 0 Å². The second-order valence-corrected chi connectivity index (χ2v) is 4.48. The molecule has 0 aliphatic heterocycles. The van der Waals surface area contributed by atoms with Crippen LogP contribution < -0.4 is 0 Å². The lowest BCUT2D eigenvalue weighted by Gasteiger charge is -2.00. The van der Waals surface area contributed by atoms with Crippen LogP contribution in [0.2, 0.25) is 0 Å². The van der Waals surface area contributed by atoms with Gasteiger partial charge < -0.3 is 9.09 Å². The number of hydrogen-bond acceptors (Lipinski definition) is 4. The van der Waals surface area contributed by atoms with E-state index in [1.54, 1.807) is 4.57 Å². The van der Waals surface area contributed by atoms with Gasteiger partial charge in [-0.3, -0.25) is 0 Å². The fourth-order valence-corrected chi connectivity index (χ4v) is 2.00. The minimum Gasteiger partial charge on any atom is -0.337 e. The SMILES string of the molecule is CCCc1noc(Cn2cnc3cc(F)c(F)cc32)n1. The van der Waals surface area contributed by atoms with Crippen LogP contribution in [-0.2, 0) is 13.0 Å². The van der Waals surface area contributed by atoms with Crippen LogP contribution in [0.25, 0.3) is 11.0 Å². The Bertz CT molecular complexity index is 750. The van der Waals surface area contributed by atoms with Crippen molar-refractivity contribution in [3.8, 4) is 0 Å². The quantitative estimate of drug-likeness (QED) is 0.736. The monoisotopic (exact) mass is 278 g/mol. The van der Waals surface area contributed by atoms with Crippen LogP contribution in [0.5, 0.6) is 0 Å². The average molecular weight is 278 g/mol. The summed E-state index contributed by atoms with van der Waals surface area (Å²) in [6, 6.07) is 2.18. The highest BCUT2D eigenvalue weighted by molar-refractivity contribution is 5.75. The molecule has 0 fully saturated rings. The summed E-state index contributed by atoms with van der Waals surface area (Å²) in [6.07, 6.45) is 3.17. The third-order valence-electron chi connectivity index (χ3n) is 2.95. The van der Waals surface area contributed by atoms with E-state index in [9.17, 15) is 8.78 Å². The van der Waals surface area contributed by atoms with Gasteiger partial charge in [0.15, 0.2) is 17.5 Å². The highest BCUT2D eigenvalue weighted by Gasteiger charge is 2.12. The number of benzene rings is 1. The highest BCUT2D eigenvalue weighted by atomic mass is 19.2. The summed E-state index contributed by atoms with van der Waals surface area (Å²) in [5.41, 5.74) is 0.872. The van der Waals surface area contributed by atoms with Gasteiger partial charge in [-0.2, -0.15) is 4.98 Å². The van der Waals surface area contributed by atoms with Crippen molar-refractivity contribution in [3.63, 3.8) is 0 Å². The van der Waals surface area contributed by atoms with Crippen molar-refractivity contribution in [2.24, 2.45) is 0 Å². The molecular formula is C13H12F2N4O. The second-order valence-electron chi connectivity index (χ2n) is 4.48. The number of aromatic nitrogens is 4. The van der Waals surface area contributed by atoms with Crippen LogP contribution in [0, 0.1) is 11.6 Å². The van der Waals surface area contributed by atoms with Crippen LogP contribution in [-0.4, -0.2) is 19.7 Å². The molecule has 2 aromatic heterocycles. The standard InChI is InChI=1S/C13H12F2N4O/c1-2-3-12-17-13(20-18-12)6-19-7-16-10-4-8(14)9(15)5-11(10)19/h4-5,7H,2-3,6H2,1H3. The Morgan fingerprint density at radius 2 is 2.05 bits per heavy atom. The molecule has 0 amide bonds. The third-order valence-corrected chi connectivity index (χ3v) is 2.95. The van der Waals surface area contributed by atoms with E-state index in [1.807, 2.05) is 6.92 Å². The Balaban J connectivity index is 1.92. The predicted molar refractivity (Wildman–Crippen MR) is 67.0 cm³/mol. The number of halogens is 2. The number of nitrogens with zero attached hydrogens (tertiary/aromatic N) is 4. The minimum absolute atomic E-state index is 0.276. The topological polar surface area (TPSA) is 56.7 Å². The molecule has 7 heteroatoms. The first kappa shape index (κ1) is 12.7. The molecule has 0 unspecified atom stereocenters. The maximum absolute atomic E-state index is 13.3. The van der Waals surface area contributed by atoms with Gasteiger partial charge in [0, 0.05) is 18.6 Å². The zero-order valence-corrected chi connectivity index (χ0v) is 10.8. The maximum atomic E-state index is 13.3. The average Bonchev–Trinajstić information content (AvgIpc) is 3.00. The van der Waals surface area contributed by atoms with Crippen LogP contribution in [0.15, 0.2) is 23.0 Å².